The second-order valence-corrected chi connectivity index (χ2v) is 6.84. The van der Waals surface area contributed by atoms with Gasteiger partial charge in [0.15, 0.2) is 0 Å². The van der Waals surface area contributed by atoms with Gasteiger partial charge in [-0.1, -0.05) is 57.0 Å². The van der Waals surface area contributed by atoms with Gasteiger partial charge in [0.2, 0.25) is 0 Å². The molecule has 1 aliphatic carbocycles. The zero-order chi connectivity index (χ0) is 15.1. The predicted octanol–water partition coefficient (Wildman–Crippen LogP) is 3.71. The number of hydrogen-bond acceptors (Lipinski definition) is 3. The largest absolute Gasteiger partial charge is 0.338 e. The molecule has 5 heteroatoms. The molecule has 0 spiro atoms. The third-order valence-corrected chi connectivity index (χ3v) is 5.24. The molecule has 0 saturated heterocycles. The molecule has 21 heavy (non-hydrogen) atoms. The van der Waals surface area contributed by atoms with Gasteiger partial charge in [-0.25, -0.2) is 4.79 Å². The summed E-state index contributed by atoms with van der Waals surface area (Å²) in [5.41, 5.74) is 0.774. The van der Waals surface area contributed by atoms with Gasteiger partial charge < -0.3 is 5.32 Å². The molecule has 0 aliphatic heterocycles. The van der Waals surface area contributed by atoms with E-state index in [4.69, 9.17) is 0 Å². The standard InChI is InChI=1S/C16H26N2O2S/c1-2-3-4-5-6-7-8-12-17-16(20)18-15(19)13-10-9-11-14(13)21-18/h2-12H2,1H3,(H,17,20). The number of carbonyl (C=O) groups is 1. The lowest BCUT2D eigenvalue weighted by Gasteiger charge is -2.04. The quantitative estimate of drug-likeness (QED) is 0.744. The second-order valence-electron chi connectivity index (χ2n) is 5.80. The van der Waals surface area contributed by atoms with Crippen LogP contribution in [0.15, 0.2) is 4.79 Å². The van der Waals surface area contributed by atoms with Crippen molar-refractivity contribution in [2.24, 2.45) is 0 Å². The third-order valence-electron chi connectivity index (χ3n) is 4.05. The van der Waals surface area contributed by atoms with E-state index >= 15 is 0 Å². The zero-order valence-corrected chi connectivity index (χ0v) is 13.8. The van der Waals surface area contributed by atoms with Gasteiger partial charge in [-0.05, 0) is 25.7 Å². The van der Waals surface area contributed by atoms with Gasteiger partial charge >= 0.3 is 6.03 Å². The molecule has 1 heterocycles. The van der Waals surface area contributed by atoms with Crippen molar-refractivity contribution in [3.63, 3.8) is 0 Å². The summed E-state index contributed by atoms with van der Waals surface area (Å²) in [6.45, 7) is 2.89. The van der Waals surface area contributed by atoms with E-state index in [2.05, 4.69) is 12.2 Å². The highest BCUT2D eigenvalue weighted by molar-refractivity contribution is 7.07. The SMILES string of the molecule is CCCCCCCCCNC(=O)n1sc2c(c1=O)CCC2. The Morgan fingerprint density at radius 1 is 1.14 bits per heavy atom. The molecule has 0 saturated carbocycles. The van der Waals surface area contributed by atoms with Crippen molar-refractivity contribution < 1.29 is 4.79 Å². The molecule has 1 N–H and O–H groups in total. The van der Waals surface area contributed by atoms with Gasteiger partial charge in [0.1, 0.15) is 0 Å². The Kier molecular flexibility index (Phi) is 6.49. The summed E-state index contributed by atoms with van der Waals surface area (Å²) in [7, 11) is 0. The molecule has 1 amide bonds. The van der Waals surface area contributed by atoms with Crippen molar-refractivity contribution in [3.8, 4) is 0 Å². The summed E-state index contributed by atoms with van der Waals surface area (Å²) in [5, 5.41) is 2.87. The van der Waals surface area contributed by atoms with Crippen LogP contribution in [0.4, 0.5) is 4.79 Å². The average Bonchev–Trinajstić information content (AvgIpc) is 3.05. The van der Waals surface area contributed by atoms with Crippen LogP contribution in [-0.4, -0.2) is 16.5 Å². The first-order chi connectivity index (χ1) is 10.2. The van der Waals surface area contributed by atoms with E-state index < -0.39 is 0 Å². The highest BCUT2D eigenvalue weighted by atomic mass is 32.1. The van der Waals surface area contributed by atoms with Crippen LogP contribution < -0.4 is 10.9 Å². The summed E-state index contributed by atoms with van der Waals surface area (Å²) in [4.78, 5) is 25.2. The summed E-state index contributed by atoms with van der Waals surface area (Å²) in [6, 6.07) is -0.245. The van der Waals surface area contributed by atoms with E-state index in [-0.39, 0.29) is 11.6 Å². The molecule has 1 aromatic heterocycles. The molecule has 0 radical (unpaired) electrons. The Hall–Kier alpha value is -1.10. The molecule has 0 unspecified atom stereocenters. The molecule has 118 valence electrons. The van der Waals surface area contributed by atoms with E-state index in [0.717, 1.165) is 42.5 Å². The van der Waals surface area contributed by atoms with Gasteiger partial charge in [0, 0.05) is 17.0 Å². The summed E-state index contributed by atoms with van der Waals surface area (Å²) in [6.07, 6.45) is 11.4. The predicted molar refractivity (Wildman–Crippen MR) is 87.4 cm³/mol. The molecule has 1 aliphatic rings. The van der Waals surface area contributed by atoms with E-state index in [1.807, 2.05) is 0 Å². The molecular formula is C16H26N2O2S. The first kappa shape index (κ1) is 16.3. The number of rotatable bonds is 8. The van der Waals surface area contributed by atoms with Crippen molar-refractivity contribution in [2.45, 2.75) is 71.1 Å². The number of fused-ring (bicyclic) bond motifs is 1. The number of nitrogens with zero attached hydrogens (tertiary/aromatic N) is 1. The Bertz CT molecular complexity index is 519. The number of nitrogens with one attached hydrogen (secondary N) is 1. The van der Waals surface area contributed by atoms with Gasteiger partial charge in [-0.2, -0.15) is 3.96 Å². The Labute approximate surface area is 130 Å². The van der Waals surface area contributed by atoms with Gasteiger partial charge in [-0.3, -0.25) is 4.79 Å². The molecule has 0 fully saturated rings. The van der Waals surface area contributed by atoms with Crippen LogP contribution in [0.25, 0.3) is 0 Å². The summed E-state index contributed by atoms with van der Waals surface area (Å²) in [5.74, 6) is 0. The number of amides is 1. The van der Waals surface area contributed by atoms with Crippen LogP contribution >= 0.6 is 11.5 Å². The highest BCUT2D eigenvalue weighted by Gasteiger charge is 2.22. The monoisotopic (exact) mass is 310 g/mol. The first-order valence-corrected chi connectivity index (χ1v) is 9.03. The Morgan fingerprint density at radius 3 is 2.57 bits per heavy atom. The number of hydrogen-bond donors (Lipinski definition) is 1. The minimum atomic E-state index is -0.245. The van der Waals surface area contributed by atoms with Crippen LogP contribution in [-0.2, 0) is 12.8 Å². The summed E-state index contributed by atoms with van der Waals surface area (Å²) < 4.78 is 1.30. The lowest BCUT2D eigenvalue weighted by Crippen LogP contribution is -2.34. The maximum absolute atomic E-state index is 12.1. The summed E-state index contributed by atoms with van der Waals surface area (Å²) >= 11 is 1.33. The lowest BCUT2D eigenvalue weighted by molar-refractivity contribution is 0.243. The van der Waals surface area contributed by atoms with Crippen molar-refractivity contribution >= 4 is 17.6 Å². The van der Waals surface area contributed by atoms with Crippen molar-refractivity contribution in [3.05, 3.63) is 20.8 Å². The van der Waals surface area contributed by atoms with Crippen LogP contribution in [0.5, 0.6) is 0 Å². The number of aromatic nitrogens is 1. The minimum Gasteiger partial charge on any atom is -0.337 e. The Balaban J connectivity index is 1.65. The Morgan fingerprint density at radius 2 is 1.86 bits per heavy atom. The molecule has 1 aromatic rings. The first-order valence-electron chi connectivity index (χ1n) is 8.26. The fourth-order valence-electron chi connectivity index (χ4n) is 2.80. The van der Waals surface area contributed by atoms with Crippen molar-refractivity contribution in [1.82, 2.24) is 9.27 Å². The fourth-order valence-corrected chi connectivity index (χ4v) is 3.90. The number of aryl methyl sites for hydroxylation is 1. The minimum absolute atomic E-state index is 0.0930. The van der Waals surface area contributed by atoms with Crippen LogP contribution in [0, 0.1) is 0 Å². The second kappa shape index (κ2) is 8.37. The van der Waals surface area contributed by atoms with Crippen LogP contribution in [0.3, 0.4) is 0 Å². The van der Waals surface area contributed by atoms with Gasteiger partial charge in [-0.15, -0.1) is 0 Å². The normalized spacial score (nSPS) is 13.4. The number of carbonyl (C=O) groups excluding carboxylic acids is 1. The average molecular weight is 310 g/mol. The van der Waals surface area contributed by atoms with E-state index in [9.17, 15) is 9.59 Å². The zero-order valence-electron chi connectivity index (χ0n) is 13.0. The van der Waals surface area contributed by atoms with E-state index in [1.165, 1.54) is 47.6 Å². The molecule has 0 bridgehead atoms. The van der Waals surface area contributed by atoms with Crippen molar-refractivity contribution in [2.75, 3.05) is 6.54 Å². The number of unbranched alkanes of at least 4 members (excludes halogenated alkanes) is 6. The third kappa shape index (κ3) is 4.43. The maximum Gasteiger partial charge on any atom is 0.338 e. The molecule has 2 rings (SSSR count). The van der Waals surface area contributed by atoms with E-state index in [1.54, 1.807) is 0 Å². The fraction of sp³-hybridized carbons (Fsp3) is 0.750. The molecule has 0 aromatic carbocycles. The van der Waals surface area contributed by atoms with Crippen LogP contribution in [0.2, 0.25) is 0 Å². The highest BCUT2D eigenvalue weighted by Crippen LogP contribution is 2.23. The molecular weight excluding hydrogens is 284 g/mol. The molecule has 0 atom stereocenters. The van der Waals surface area contributed by atoms with E-state index in [0.29, 0.717) is 6.54 Å². The van der Waals surface area contributed by atoms with Crippen LogP contribution in [0.1, 0.15) is 68.7 Å². The van der Waals surface area contributed by atoms with Crippen molar-refractivity contribution in [1.29, 1.82) is 0 Å². The van der Waals surface area contributed by atoms with Gasteiger partial charge in [0.05, 0.1) is 0 Å². The topological polar surface area (TPSA) is 51.1 Å². The van der Waals surface area contributed by atoms with Gasteiger partial charge in [0.25, 0.3) is 5.56 Å². The molecule has 4 nitrogen and oxygen atoms in total. The smallest absolute Gasteiger partial charge is 0.337 e. The lowest BCUT2D eigenvalue weighted by atomic mass is 10.1. The maximum atomic E-state index is 12.1.